The van der Waals surface area contributed by atoms with E-state index in [2.05, 4.69) is 36.2 Å². The van der Waals surface area contributed by atoms with Crippen LogP contribution in [0.3, 0.4) is 0 Å². The van der Waals surface area contributed by atoms with Crippen molar-refractivity contribution < 1.29 is 0 Å². The highest BCUT2D eigenvalue weighted by molar-refractivity contribution is 4.87. The zero-order valence-electron chi connectivity index (χ0n) is 8.21. The van der Waals surface area contributed by atoms with Crippen LogP contribution in [0.4, 0.5) is 0 Å². The maximum atomic E-state index is 3.43. The van der Waals surface area contributed by atoms with Gasteiger partial charge in [0.2, 0.25) is 0 Å². The van der Waals surface area contributed by atoms with Crippen molar-refractivity contribution in [3.8, 4) is 0 Å². The van der Waals surface area contributed by atoms with E-state index in [9.17, 15) is 0 Å². The summed E-state index contributed by atoms with van der Waals surface area (Å²) in [6.07, 6.45) is 5.63. The zero-order chi connectivity index (χ0) is 8.81. The van der Waals surface area contributed by atoms with Crippen LogP contribution in [0, 0.1) is 0 Å². The molecule has 1 saturated heterocycles. The van der Waals surface area contributed by atoms with Gasteiger partial charge in [-0.2, -0.15) is 0 Å². The topological polar surface area (TPSA) is 15.3 Å². The summed E-state index contributed by atoms with van der Waals surface area (Å²) in [6, 6.07) is 0.745. The van der Waals surface area contributed by atoms with Crippen LogP contribution in [-0.4, -0.2) is 37.1 Å². The van der Waals surface area contributed by atoms with Crippen LogP contribution >= 0.6 is 0 Å². The predicted molar refractivity (Wildman–Crippen MR) is 53.3 cm³/mol. The molecule has 1 N–H and O–H groups in total. The van der Waals surface area contributed by atoms with Crippen LogP contribution in [0.1, 0.15) is 20.3 Å². The Balaban J connectivity index is 2.36. The number of hydrogen-bond donors (Lipinski definition) is 1. The number of piperazine rings is 1. The number of allylic oxidation sites excluding steroid dienone is 1. The van der Waals surface area contributed by atoms with Gasteiger partial charge in [0, 0.05) is 32.2 Å². The van der Waals surface area contributed by atoms with Crippen molar-refractivity contribution in [1.82, 2.24) is 10.2 Å². The fourth-order valence-electron chi connectivity index (χ4n) is 1.69. The van der Waals surface area contributed by atoms with Gasteiger partial charge < -0.3 is 5.32 Å². The largest absolute Gasteiger partial charge is 0.314 e. The maximum absolute atomic E-state index is 3.43. The fourth-order valence-corrected chi connectivity index (χ4v) is 1.69. The maximum Gasteiger partial charge on any atom is 0.0221 e. The van der Waals surface area contributed by atoms with E-state index in [1.165, 1.54) is 13.0 Å². The van der Waals surface area contributed by atoms with Crippen molar-refractivity contribution >= 4 is 0 Å². The first-order valence-corrected chi connectivity index (χ1v) is 4.94. The molecule has 0 aromatic carbocycles. The van der Waals surface area contributed by atoms with Crippen LogP contribution in [0.25, 0.3) is 0 Å². The third kappa shape index (κ3) is 2.61. The van der Waals surface area contributed by atoms with Crippen LogP contribution in [-0.2, 0) is 0 Å². The highest BCUT2D eigenvalue weighted by atomic mass is 15.2. The molecule has 0 aliphatic carbocycles. The summed E-state index contributed by atoms with van der Waals surface area (Å²) in [5.41, 5.74) is 0. The lowest BCUT2D eigenvalue weighted by molar-refractivity contribution is 0.174. The Bertz CT molecular complexity index is 143. The molecule has 70 valence electrons. The van der Waals surface area contributed by atoms with Crippen molar-refractivity contribution in [2.45, 2.75) is 26.3 Å². The van der Waals surface area contributed by atoms with E-state index in [1.807, 2.05) is 0 Å². The minimum Gasteiger partial charge on any atom is -0.314 e. The third-order valence-corrected chi connectivity index (χ3v) is 2.52. The van der Waals surface area contributed by atoms with Crippen LogP contribution < -0.4 is 5.32 Å². The van der Waals surface area contributed by atoms with E-state index < -0.39 is 0 Å². The molecule has 12 heavy (non-hydrogen) atoms. The molecule has 0 aromatic rings. The van der Waals surface area contributed by atoms with E-state index in [0.717, 1.165) is 25.7 Å². The van der Waals surface area contributed by atoms with Crippen molar-refractivity contribution in [3.63, 3.8) is 0 Å². The van der Waals surface area contributed by atoms with Gasteiger partial charge in [-0.15, -0.1) is 0 Å². The average molecular weight is 168 g/mol. The lowest BCUT2D eigenvalue weighted by Crippen LogP contribution is -2.50. The Labute approximate surface area is 75.6 Å². The minimum absolute atomic E-state index is 0.745. The summed E-state index contributed by atoms with van der Waals surface area (Å²) in [6.45, 7) is 8.98. The van der Waals surface area contributed by atoms with Gasteiger partial charge in [0.05, 0.1) is 0 Å². The monoisotopic (exact) mass is 168 g/mol. The molecular formula is C10H20N2. The lowest BCUT2D eigenvalue weighted by atomic mass is 10.1. The summed E-state index contributed by atoms with van der Waals surface area (Å²) in [7, 11) is 0. The first kappa shape index (κ1) is 9.75. The highest BCUT2D eigenvalue weighted by Gasteiger charge is 2.18. The molecule has 1 rings (SSSR count). The molecule has 1 heterocycles. The van der Waals surface area contributed by atoms with Gasteiger partial charge in [-0.05, 0) is 13.3 Å². The molecule has 0 saturated carbocycles. The van der Waals surface area contributed by atoms with Gasteiger partial charge in [-0.1, -0.05) is 19.1 Å². The molecule has 0 radical (unpaired) electrons. The number of nitrogens with one attached hydrogen (secondary N) is 1. The molecule has 2 heteroatoms. The van der Waals surface area contributed by atoms with Crippen molar-refractivity contribution in [2.75, 3.05) is 26.2 Å². The van der Waals surface area contributed by atoms with E-state index in [1.54, 1.807) is 0 Å². The molecule has 1 aliphatic heterocycles. The standard InChI is InChI=1S/C10H20N2/c1-3-5-7-12-8-6-11-9-10(12)4-2/h3,5,10-11H,4,6-9H2,1-2H3/b5-3+. The molecule has 2 nitrogen and oxygen atoms in total. The molecule has 1 aliphatic rings. The van der Waals surface area contributed by atoms with E-state index in [4.69, 9.17) is 0 Å². The second-order valence-electron chi connectivity index (χ2n) is 3.33. The smallest absolute Gasteiger partial charge is 0.0221 e. The predicted octanol–water partition coefficient (Wildman–Crippen LogP) is 1.25. The SMILES string of the molecule is C/C=C/CN1CCNCC1CC. The van der Waals surface area contributed by atoms with Gasteiger partial charge in [0.25, 0.3) is 0 Å². The summed E-state index contributed by atoms with van der Waals surface area (Å²) >= 11 is 0. The van der Waals surface area contributed by atoms with Gasteiger partial charge in [-0.25, -0.2) is 0 Å². The number of nitrogens with zero attached hydrogens (tertiary/aromatic N) is 1. The van der Waals surface area contributed by atoms with Crippen molar-refractivity contribution in [1.29, 1.82) is 0 Å². The lowest BCUT2D eigenvalue weighted by Gasteiger charge is -2.34. The molecule has 0 spiro atoms. The quantitative estimate of drug-likeness (QED) is 0.638. The minimum atomic E-state index is 0.745. The molecule has 0 amide bonds. The zero-order valence-corrected chi connectivity index (χ0v) is 8.21. The Hall–Kier alpha value is -0.340. The molecule has 1 atom stereocenters. The van der Waals surface area contributed by atoms with E-state index in [-0.39, 0.29) is 0 Å². The summed E-state index contributed by atoms with van der Waals surface area (Å²) in [5.74, 6) is 0. The average Bonchev–Trinajstić information content (AvgIpc) is 2.15. The second kappa shape index (κ2) is 5.33. The van der Waals surface area contributed by atoms with E-state index in [0.29, 0.717) is 0 Å². The Morgan fingerprint density at radius 3 is 3.08 bits per heavy atom. The van der Waals surface area contributed by atoms with Crippen LogP contribution in [0.2, 0.25) is 0 Å². The van der Waals surface area contributed by atoms with Crippen molar-refractivity contribution in [3.05, 3.63) is 12.2 Å². The highest BCUT2D eigenvalue weighted by Crippen LogP contribution is 2.06. The molecule has 0 aromatic heterocycles. The van der Waals surface area contributed by atoms with Crippen LogP contribution in [0.5, 0.6) is 0 Å². The second-order valence-corrected chi connectivity index (χ2v) is 3.33. The summed E-state index contributed by atoms with van der Waals surface area (Å²) in [5, 5.41) is 3.43. The Morgan fingerprint density at radius 1 is 1.58 bits per heavy atom. The Kier molecular flexibility index (Phi) is 4.33. The van der Waals surface area contributed by atoms with Crippen molar-refractivity contribution in [2.24, 2.45) is 0 Å². The normalized spacial score (nSPS) is 26.7. The summed E-state index contributed by atoms with van der Waals surface area (Å²) < 4.78 is 0. The molecule has 0 bridgehead atoms. The van der Waals surface area contributed by atoms with Gasteiger partial charge in [-0.3, -0.25) is 4.90 Å². The molecule has 1 unspecified atom stereocenters. The Morgan fingerprint density at radius 2 is 2.42 bits per heavy atom. The van der Waals surface area contributed by atoms with E-state index >= 15 is 0 Å². The third-order valence-electron chi connectivity index (χ3n) is 2.52. The van der Waals surface area contributed by atoms with Gasteiger partial charge in [0.15, 0.2) is 0 Å². The molecule has 1 fully saturated rings. The number of hydrogen-bond acceptors (Lipinski definition) is 2. The number of rotatable bonds is 3. The summed E-state index contributed by atoms with van der Waals surface area (Å²) in [4.78, 5) is 2.55. The first-order chi connectivity index (χ1) is 5.88. The fraction of sp³-hybridized carbons (Fsp3) is 0.800. The van der Waals surface area contributed by atoms with Gasteiger partial charge >= 0.3 is 0 Å². The molecular weight excluding hydrogens is 148 g/mol. The van der Waals surface area contributed by atoms with Crippen LogP contribution in [0.15, 0.2) is 12.2 Å². The first-order valence-electron chi connectivity index (χ1n) is 4.94. The van der Waals surface area contributed by atoms with Gasteiger partial charge in [0.1, 0.15) is 0 Å².